The van der Waals surface area contributed by atoms with E-state index in [4.69, 9.17) is 4.74 Å². The van der Waals surface area contributed by atoms with Gasteiger partial charge in [0.15, 0.2) is 5.13 Å². The predicted octanol–water partition coefficient (Wildman–Crippen LogP) is 4.20. The zero-order valence-electron chi connectivity index (χ0n) is 14.6. The van der Waals surface area contributed by atoms with Crippen molar-refractivity contribution >= 4 is 49.9 Å². The van der Waals surface area contributed by atoms with Gasteiger partial charge in [0.1, 0.15) is 4.88 Å². The van der Waals surface area contributed by atoms with Crippen LogP contribution in [0.15, 0.2) is 24.3 Å². The fourth-order valence-electron chi connectivity index (χ4n) is 2.44. The van der Waals surface area contributed by atoms with E-state index in [2.05, 4.69) is 21.4 Å². The lowest BCUT2D eigenvalue weighted by Crippen LogP contribution is -2.11. The van der Waals surface area contributed by atoms with Gasteiger partial charge in [0.2, 0.25) is 5.91 Å². The Hall–Kier alpha value is -2.32. The first kappa shape index (κ1) is 18.5. The summed E-state index contributed by atoms with van der Waals surface area (Å²) >= 11 is 2.80. The highest BCUT2D eigenvalue weighted by molar-refractivity contribution is 7.18. The van der Waals surface area contributed by atoms with Gasteiger partial charge >= 0.3 is 5.97 Å². The van der Waals surface area contributed by atoms with Crippen molar-refractivity contribution in [1.29, 1.82) is 0 Å². The summed E-state index contributed by atoms with van der Waals surface area (Å²) in [6, 6.07) is 8.02. The molecule has 0 bridgehead atoms. The Balaban J connectivity index is 1.51. The third kappa shape index (κ3) is 4.44. The van der Waals surface area contributed by atoms with Crippen molar-refractivity contribution in [3.8, 4) is 0 Å². The summed E-state index contributed by atoms with van der Waals surface area (Å²) < 4.78 is 6.14. The molecule has 0 aliphatic carbocycles. The second-order valence-corrected chi connectivity index (χ2v) is 7.75. The van der Waals surface area contributed by atoms with Gasteiger partial charge in [0, 0.05) is 6.42 Å². The van der Waals surface area contributed by atoms with E-state index in [0.717, 1.165) is 33.0 Å². The second kappa shape index (κ2) is 8.37. The molecule has 26 heavy (non-hydrogen) atoms. The maximum atomic E-state index is 12.1. The summed E-state index contributed by atoms with van der Waals surface area (Å²) in [7, 11) is 0. The molecule has 1 N–H and O–H groups in total. The zero-order chi connectivity index (χ0) is 18.5. The Morgan fingerprint density at radius 3 is 2.77 bits per heavy atom. The van der Waals surface area contributed by atoms with Crippen molar-refractivity contribution in [1.82, 2.24) is 9.97 Å². The first-order valence-electron chi connectivity index (χ1n) is 8.35. The van der Waals surface area contributed by atoms with Gasteiger partial charge in [-0.15, -0.1) is 11.3 Å². The summed E-state index contributed by atoms with van der Waals surface area (Å²) in [4.78, 5) is 33.1. The van der Waals surface area contributed by atoms with Gasteiger partial charge in [0.25, 0.3) is 0 Å². The SMILES string of the molecule is CCOC(=O)c1sc(NC(=O)CCCc2nc3ccccc3s2)nc1C. The first-order chi connectivity index (χ1) is 12.6. The van der Waals surface area contributed by atoms with E-state index in [1.807, 2.05) is 18.2 Å². The van der Waals surface area contributed by atoms with Crippen LogP contribution in [0.1, 0.15) is 40.1 Å². The molecule has 8 heteroatoms. The summed E-state index contributed by atoms with van der Waals surface area (Å²) in [5, 5.41) is 4.22. The van der Waals surface area contributed by atoms with E-state index < -0.39 is 5.97 Å². The molecule has 0 saturated carbocycles. The summed E-state index contributed by atoms with van der Waals surface area (Å²) in [6.07, 6.45) is 1.85. The number of esters is 1. The summed E-state index contributed by atoms with van der Waals surface area (Å²) in [5.74, 6) is -0.519. The number of aromatic nitrogens is 2. The van der Waals surface area contributed by atoms with Crippen molar-refractivity contribution in [3.05, 3.63) is 39.8 Å². The number of nitrogens with zero attached hydrogens (tertiary/aromatic N) is 2. The minimum atomic E-state index is -0.404. The minimum Gasteiger partial charge on any atom is -0.462 e. The molecule has 0 radical (unpaired) electrons. The van der Waals surface area contributed by atoms with Crippen LogP contribution in [0.2, 0.25) is 0 Å². The number of anilines is 1. The van der Waals surface area contributed by atoms with Crippen LogP contribution in [0.25, 0.3) is 10.2 Å². The highest BCUT2D eigenvalue weighted by Crippen LogP contribution is 2.24. The number of ether oxygens (including phenoxy) is 1. The van der Waals surface area contributed by atoms with E-state index in [0.29, 0.717) is 35.2 Å². The lowest BCUT2D eigenvalue weighted by atomic mass is 10.2. The van der Waals surface area contributed by atoms with E-state index in [1.54, 1.807) is 25.2 Å². The molecule has 2 heterocycles. The molecule has 0 aliphatic rings. The van der Waals surface area contributed by atoms with Crippen molar-refractivity contribution in [2.24, 2.45) is 0 Å². The maximum Gasteiger partial charge on any atom is 0.350 e. The average molecular weight is 390 g/mol. The van der Waals surface area contributed by atoms with Crippen LogP contribution >= 0.6 is 22.7 Å². The quantitative estimate of drug-likeness (QED) is 0.613. The molecule has 3 aromatic rings. The number of rotatable bonds is 7. The Morgan fingerprint density at radius 1 is 1.19 bits per heavy atom. The van der Waals surface area contributed by atoms with E-state index in [9.17, 15) is 9.59 Å². The van der Waals surface area contributed by atoms with Crippen LogP contribution in [-0.2, 0) is 16.0 Å². The van der Waals surface area contributed by atoms with E-state index in [-0.39, 0.29) is 5.91 Å². The Morgan fingerprint density at radius 2 is 2.00 bits per heavy atom. The molecule has 1 aromatic carbocycles. The third-order valence-corrected chi connectivity index (χ3v) is 5.79. The van der Waals surface area contributed by atoms with E-state index in [1.165, 1.54) is 0 Å². The largest absolute Gasteiger partial charge is 0.462 e. The highest BCUT2D eigenvalue weighted by Gasteiger charge is 2.17. The number of thiazole rings is 2. The van der Waals surface area contributed by atoms with Gasteiger partial charge in [0.05, 0.1) is 27.5 Å². The molecule has 6 nitrogen and oxygen atoms in total. The molecule has 3 rings (SSSR count). The summed E-state index contributed by atoms with van der Waals surface area (Å²) in [5.41, 5.74) is 1.57. The van der Waals surface area contributed by atoms with Crippen molar-refractivity contribution in [3.63, 3.8) is 0 Å². The van der Waals surface area contributed by atoms with Crippen molar-refractivity contribution in [2.75, 3.05) is 11.9 Å². The monoisotopic (exact) mass is 389 g/mol. The number of para-hydroxylation sites is 1. The molecule has 0 aliphatic heterocycles. The van der Waals surface area contributed by atoms with Crippen molar-refractivity contribution < 1.29 is 14.3 Å². The molecule has 1 amide bonds. The molecule has 0 saturated heterocycles. The lowest BCUT2D eigenvalue weighted by Gasteiger charge is -2.00. The highest BCUT2D eigenvalue weighted by atomic mass is 32.1. The molecular weight excluding hydrogens is 370 g/mol. The third-order valence-electron chi connectivity index (χ3n) is 3.64. The first-order valence-corrected chi connectivity index (χ1v) is 9.99. The lowest BCUT2D eigenvalue weighted by molar-refractivity contribution is -0.116. The number of nitrogens with one attached hydrogen (secondary N) is 1. The van der Waals surface area contributed by atoms with Gasteiger partial charge in [-0.2, -0.15) is 0 Å². The van der Waals surface area contributed by atoms with Crippen molar-refractivity contribution in [2.45, 2.75) is 33.1 Å². The van der Waals surface area contributed by atoms with Gasteiger partial charge in [-0.05, 0) is 38.8 Å². The molecule has 0 spiro atoms. The number of aryl methyl sites for hydroxylation is 2. The van der Waals surface area contributed by atoms with Gasteiger partial charge in [-0.1, -0.05) is 23.5 Å². The van der Waals surface area contributed by atoms with Gasteiger partial charge in [-0.25, -0.2) is 14.8 Å². The second-order valence-electron chi connectivity index (χ2n) is 5.63. The number of hydrogen-bond acceptors (Lipinski definition) is 7. The molecule has 0 fully saturated rings. The molecule has 136 valence electrons. The Bertz CT molecular complexity index is 900. The molecule has 2 aromatic heterocycles. The van der Waals surface area contributed by atoms with Crippen LogP contribution in [0.5, 0.6) is 0 Å². The Kier molecular flexibility index (Phi) is 5.95. The number of fused-ring (bicyclic) bond motifs is 1. The normalized spacial score (nSPS) is 10.8. The fourth-order valence-corrected chi connectivity index (χ4v) is 4.33. The Labute approximate surface area is 159 Å². The van der Waals surface area contributed by atoms with E-state index >= 15 is 0 Å². The minimum absolute atomic E-state index is 0.115. The van der Waals surface area contributed by atoms with Crippen LogP contribution in [0.3, 0.4) is 0 Å². The molecular formula is C18H19N3O3S2. The van der Waals surface area contributed by atoms with Crippen LogP contribution in [0.4, 0.5) is 5.13 Å². The zero-order valence-corrected chi connectivity index (χ0v) is 16.2. The smallest absolute Gasteiger partial charge is 0.350 e. The van der Waals surface area contributed by atoms with Gasteiger partial charge in [-0.3, -0.25) is 4.79 Å². The topological polar surface area (TPSA) is 81.2 Å². The maximum absolute atomic E-state index is 12.1. The van der Waals surface area contributed by atoms with Crippen LogP contribution < -0.4 is 5.32 Å². The predicted molar refractivity (Wildman–Crippen MR) is 104 cm³/mol. The number of amides is 1. The number of hydrogen-bond donors (Lipinski definition) is 1. The molecule has 0 unspecified atom stereocenters. The van der Waals surface area contributed by atoms with Gasteiger partial charge < -0.3 is 10.1 Å². The standard InChI is InChI=1S/C18H19N3O3S2/c1-3-24-17(23)16-11(2)19-18(26-16)21-14(22)9-6-10-15-20-12-7-4-5-8-13(12)25-15/h4-5,7-8H,3,6,9-10H2,1-2H3,(H,19,21,22). The van der Waals surface area contributed by atoms with Crippen LogP contribution in [-0.4, -0.2) is 28.5 Å². The van der Waals surface area contributed by atoms with Crippen LogP contribution in [0, 0.1) is 6.92 Å². The number of benzene rings is 1. The number of carbonyl (C=O) groups excluding carboxylic acids is 2. The number of carbonyl (C=O) groups is 2. The molecule has 0 atom stereocenters. The fraction of sp³-hybridized carbons (Fsp3) is 0.333. The average Bonchev–Trinajstić information content (AvgIpc) is 3.17. The summed E-state index contributed by atoms with van der Waals surface area (Å²) in [6.45, 7) is 3.79.